The molecule has 2 saturated heterocycles. The summed E-state index contributed by atoms with van der Waals surface area (Å²) in [6.07, 6.45) is 0. The summed E-state index contributed by atoms with van der Waals surface area (Å²) < 4.78 is 0. The lowest BCUT2D eigenvalue weighted by molar-refractivity contribution is -0.0538. The van der Waals surface area contributed by atoms with Crippen LogP contribution in [0.5, 0.6) is 0 Å². The summed E-state index contributed by atoms with van der Waals surface area (Å²) in [5, 5.41) is 0. The zero-order valence-corrected chi connectivity index (χ0v) is 16.1. The summed E-state index contributed by atoms with van der Waals surface area (Å²) in [5.41, 5.74) is -0.134. The molecule has 6 heteroatoms. The maximum Gasteiger partial charge on any atom is 0.324 e. The Bertz CT molecular complexity index is 888. The third-order valence-corrected chi connectivity index (χ3v) is 6.09. The molecule has 2 aliphatic heterocycles. The highest BCUT2D eigenvalue weighted by Crippen LogP contribution is 2.60. The number of likely N-dealkylation sites (N-methyl/N-ethyl adjacent to an activating group) is 4. The summed E-state index contributed by atoms with van der Waals surface area (Å²) in [6.45, 7) is 2.44. The van der Waals surface area contributed by atoms with Crippen LogP contribution in [-0.2, 0) is 11.3 Å². The molecular formula is C21H24N4O2. The van der Waals surface area contributed by atoms with Gasteiger partial charge in [-0.15, -0.1) is 0 Å². The molecule has 2 fully saturated rings. The number of benzene rings is 2. The molecule has 6 nitrogen and oxygen atoms in total. The molecule has 0 N–H and O–H groups in total. The van der Waals surface area contributed by atoms with Gasteiger partial charge in [0.1, 0.15) is 0 Å². The van der Waals surface area contributed by atoms with Gasteiger partial charge in [0.05, 0.1) is 0 Å². The van der Waals surface area contributed by atoms with E-state index in [1.807, 2.05) is 67.6 Å². The molecule has 27 heavy (non-hydrogen) atoms. The summed E-state index contributed by atoms with van der Waals surface area (Å²) in [5.74, 6) is 0. The summed E-state index contributed by atoms with van der Waals surface area (Å²) in [7, 11) is 5.34. The molecule has 2 atom stereocenters. The number of nitrogens with zero attached hydrogens (tertiary/aromatic N) is 4. The molecule has 2 aromatic rings. The van der Waals surface area contributed by atoms with E-state index in [-0.39, 0.29) is 12.1 Å². The van der Waals surface area contributed by atoms with E-state index in [0.29, 0.717) is 6.54 Å². The molecular weight excluding hydrogens is 340 g/mol. The smallest absolute Gasteiger partial charge is 0.296 e. The second kappa shape index (κ2) is 5.74. The molecule has 4 rings (SSSR count). The Morgan fingerprint density at radius 1 is 0.667 bits per heavy atom. The molecule has 0 spiro atoms. The fourth-order valence-corrected chi connectivity index (χ4v) is 5.10. The van der Waals surface area contributed by atoms with Gasteiger partial charge < -0.3 is 0 Å². The van der Waals surface area contributed by atoms with Crippen LogP contribution in [-0.4, -0.2) is 59.3 Å². The van der Waals surface area contributed by atoms with Crippen molar-refractivity contribution in [2.75, 3.05) is 27.7 Å². The second-order valence-electron chi connectivity index (χ2n) is 7.06. The Morgan fingerprint density at radius 2 is 1.07 bits per heavy atom. The first kappa shape index (κ1) is 17.4. The van der Waals surface area contributed by atoms with Crippen LogP contribution >= 0.6 is 0 Å². The maximum atomic E-state index is 13.4. The first-order valence-electron chi connectivity index (χ1n) is 9.13. The zero-order valence-electron chi connectivity index (χ0n) is 16.1. The molecule has 4 amide bonds. The van der Waals surface area contributed by atoms with Gasteiger partial charge >= 0.3 is 12.1 Å². The lowest BCUT2D eigenvalue weighted by atomic mass is 9.80. The van der Waals surface area contributed by atoms with Gasteiger partial charge in [-0.3, -0.25) is 19.6 Å². The van der Waals surface area contributed by atoms with Crippen molar-refractivity contribution in [2.45, 2.75) is 18.2 Å². The average molecular weight is 364 g/mol. The lowest BCUT2D eigenvalue weighted by Gasteiger charge is -2.48. The van der Waals surface area contributed by atoms with Crippen LogP contribution in [0.2, 0.25) is 0 Å². The van der Waals surface area contributed by atoms with Crippen molar-refractivity contribution < 1.29 is 9.59 Å². The largest absolute Gasteiger partial charge is 0.324 e. The van der Waals surface area contributed by atoms with Crippen LogP contribution in [0.1, 0.15) is 18.1 Å². The minimum atomic E-state index is -0.978. The second-order valence-corrected chi connectivity index (χ2v) is 7.06. The highest BCUT2D eigenvalue weighted by Gasteiger charge is 2.77. The fourth-order valence-electron chi connectivity index (χ4n) is 5.10. The lowest BCUT2D eigenvalue weighted by Crippen LogP contribution is -2.62. The van der Waals surface area contributed by atoms with Crippen LogP contribution in [0.3, 0.4) is 0 Å². The Kier molecular flexibility index (Phi) is 3.70. The van der Waals surface area contributed by atoms with Crippen molar-refractivity contribution >= 4 is 12.1 Å². The van der Waals surface area contributed by atoms with Crippen LogP contribution in [0.4, 0.5) is 9.59 Å². The predicted octanol–water partition coefficient (Wildman–Crippen LogP) is 3.08. The summed E-state index contributed by atoms with van der Waals surface area (Å²) in [4.78, 5) is 33.6. The van der Waals surface area contributed by atoms with E-state index in [4.69, 9.17) is 0 Å². The molecule has 2 aromatic carbocycles. The predicted molar refractivity (Wildman–Crippen MR) is 103 cm³/mol. The van der Waals surface area contributed by atoms with Crippen LogP contribution in [0, 0.1) is 0 Å². The molecule has 0 bridgehead atoms. The van der Waals surface area contributed by atoms with E-state index < -0.39 is 11.3 Å². The monoisotopic (exact) mass is 364 g/mol. The van der Waals surface area contributed by atoms with Gasteiger partial charge in [-0.05, 0) is 6.92 Å². The van der Waals surface area contributed by atoms with Crippen molar-refractivity contribution in [3.8, 4) is 0 Å². The van der Waals surface area contributed by atoms with Crippen molar-refractivity contribution in [3.63, 3.8) is 0 Å². The van der Waals surface area contributed by atoms with E-state index in [2.05, 4.69) is 0 Å². The Balaban J connectivity index is 2.17. The van der Waals surface area contributed by atoms with E-state index in [9.17, 15) is 9.59 Å². The van der Waals surface area contributed by atoms with Gasteiger partial charge in [0.15, 0.2) is 11.3 Å². The number of carbonyl (C=O) groups is 2. The molecule has 140 valence electrons. The number of fused-ring (bicyclic) bond motifs is 1. The molecule has 2 heterocycles. The molecule has 0 saturated carbocycles. The summed E-state index contributed by atoms with van der Waals surface area (Å²) >= 11 is 0. The van der Waals surface area contributed by atoms with Crippen molar-refractivity contribution in [2.24, 2.45) is 0 Å². The number of hydrogen-bond acceptors (Lipinski definition) is 2. The number of amides is 4. The van der Waals surface area contributed by atoms with Crippen molar-refractivity contribution in [1.29, 1.82) is 0 Å². The molecule has 0 unspecified atom stereocenters. The first-order valence-corrected chi connectivity index (χ1v) is 9.13. The number of rotatable bonds is 3. The minimum Gasteiger partial charge on any atom is -0.296 e. The van der Waals surface area contributed by atoms with Gasteiger partial charge in [0.25, 0.3) is 0 Å². The van der Waals surface area contributed by atoms with E-state index >= 15 is 0 Å². The number of carbonyl (C=O) groups excluding carboxylic acids is 2. The normalized spacial score (nSPS) is 27.6. The van der Waals surface area contributed by atoms with E-state index in [1.165, 1.54) is 0 Å². The zero-order chi connectivity index (χ0) is 19.4. The molecule has 2 aliphatic rings. The third kappa shape index (κ3) is 1.75. The van der Waals surface area contributed by atoms with Crippen molar-refractivity contribution in [3.05, 3.63) is 71.8 Å². The maximum absolute atomic E-state index is 13.4. The van der Waals surface area contributed by atoms with Gasteiger partial charge in [-0.25, -0.2) is 9.59 Å². The topological polar surface area (TPSA) is 47.1 Å². The fraction of sp³-hybridized carbons (Fsp3) is 0.333. The number of urea groups is 2. The minimum absolute atomic E-state index is 0.101. The van der Waals surface area contributed by atoms with Crippen LogP contribution < -0.4 is 0 Å². The van der Waals surface area contributed by atoms with Crippen LogP contribution in [0.15, 0.2) is 60.7 Å². The number of hydrogen-bond donors (Lipinski definition) is 0. The Labute approximate surface area is 159 Å². The van der Waals surface area contributed by atoms with Gasteiger partial charge in [-0.2, -0.15) is 0 Å². The SMILES string of the molecule is CCN1C(=O)N(C)[C@]2(c3ccccc3)N(C)C(=O)N(C)[C@@]12c1ccccc1. The average Bonchev–Trinajstić information content (AvgIpc) is 3.02. The standard InChI is InChI=1S/C21H24N4O2/c1-5-25-19(27)24(4)20(16-12-8-6-9-13-16)21(25,17-14-10-7-11-15-17)23(3)18(26)22(20)2/h6-15H,5H2,1-4H3/t20-,21-/m0/s1. The van der Waals surface area contributed by atoms with E-state index in [0.717, 1.165) is 11.1 Å². The Morgan fingerprint density at radius 3 is 1.56 bits per heavy atom. The Hall–Kier alpha value is -3.02. The van der Waals surface area contributed by atoms with Gasteiger partial charge in [0.2, 0.25) is 0 Å². The van der Waals surface area contributed by atoms with Crippen molar-refractivity contribution in [1.82, 2.24) is 19.6 Å². The molecule has 0 aliphatic carbocycles. The summed E-state index contributed by atoms with van der Waals surface area (Å²) in [6, 6.07) is 19.4. The van der Waals surface area contributed by atoms with E-state index in [1.54, 1.807) is 40.7 Å². The van der Waals surface area contributed by atoms with Crippen LogP contribution in [0.25, 0.3) is 0 Å². The molecule has 0 aromatic heterocycles. The highest BCUT2D eigenvalue weighted by atomic mass is 16.2. The first-order chi connectivity index (χ1) is 13.0. The van der Waals surface area contributed by atoms with Gasteiger partial charge in [-0.1, -0.05) is 60.7 Å². The quantitative estimate of drug-likeness (QED) is 0.840. The van der Waals surface area contributed by atoms with Gasteiger partial charge in [0, 0.05) is 38.8 Å². The highest BCUT2D eigenvalue weighted by molar-refractivity contribution is 5.89. The molecule has 0 radical (unpaired) electrons. The third-order valence-electron chi connectivity index (χ3n) is 6.09.